The Kier molecular flexibility index (Phi) is 9.29. The zero-order valence-corrected chi connectivity index (χ0v) is 19.4. The van der Waals surface area contributed by atoms with Gasteiger partial charge in [0.2, 0.25) is 5.85 Å². The molecule has 0 saturated carbocycles. The van der Waals surface area contributed by atoms with E-state index in [0.717, 1.165) is 12.0 Å². The summed E-state index contributed by atoms with van der Waals surface area (Å²) < 4.78 is 30.2. The van der Waals surface area contributed by atoms with Gasteiger partial charge < -0.3 is 13.8 Å². The highest BCUT2D eigenvalue weighted by Crippen LogP contribution is 2.61. The molecule has 164 valence electrons. The van der Waals surface area contributed by atoms with Gasteiger partial charge in [0.15, 0.2) is 0 Å². The standard InChI is InChI=1S/C24H33O5P/c1-6-27-30(26,28-7-2)24(22-11-9-8-10-12-22)29-23(25)19(5)21-15-13-20(14-16-21)17-18(3)4/h8-16,18-19,24H,6-7,17H2,1-5H3/t19-,24-/m0/s1. The molecular formula is C24H33O5P. The molecule has 0 fully saturated rings. The van der Waals surface area contributed by atoms with E-state index in [4.69, 9.17) is 13.8 Å². The molecule has 0 saturated heterocycles. The van der Waals surface area contributed by atoms with E-state index in [1.165, 1.54) is 5.56 Å². The van der Waals surface area contributed by atoms with E-state index >= 15 is 0 Å². The van der Waals surface area contributed by atoms with Gasteiger partial charge in [-0.05, 0) is 44.2 Å². The van der Waals surface area contributed by atoms with Crippen LogP contribution in [0.25, 0.3) is 0 Å². The molecule has 2 aromatic carbocycles. The predicted molar refractivity (Wildman–Crippen MR) is 120 cm³/mol. The Morgan fingerprint density at radius 3 is 1.93 bits per heavy atom. The molecule has 2 aromatic rings. The number of carbonyl (C=O) groups is 1. The molecule has 30 heavy (non-hydrogen) atoms. The third kappa shape index (κ3) is 6.53. The summed E-state index contributed by atoms with van der Waals surface area (Å²) in [5.41, 5.74) is 2.66. The highest BCUT2D eigenvalue weighted by atomic mass is 31.2. The molecule has 2 atom stereocenters. The minimum Gasteiger partial charge on any atom is -0.444 e. The molecule has 5 nitrogen and oxygen atoms in total. The summed E-state index contributed by atoms with van der Waals surface area (Å²) in [6.07, 6.45) is 0.987. The van der Waals surface area contributed by atoms with Gasteiger partial charge in [0.1, 0.15) is 0 Å². The first-order valence-electron chi connectivity index (χ1n) is 10.5. The van der Waals surface area contributed by atoms with Crippen molar-refractivity contribution >= 4 is 13.6 Å². The van der Waals surface area contributed by atoms with Gasteiger partial charge in [-0.2, -0.15) is 0 Å². The first-order valence-corrected chi connectivity index (χ1v) is 12.1. The van der Waals surface area contributed by atoms with Crippen LogP contribution in [0.1, 0.15) is 63.1 Å². The lowest BCUT2D eigenvalue weighted by Crippen LogP contribution is -2.19. The molecule has 0 aromatic heterocycles. The van der Waals surface area contributed by atoms with Crippen LogP contribution in [0.5, 0.6) is 0 Å². The number of ether oxygens (including phenoxy) is 1. The zero-order chi connectivity index (χ0) is 22.1. The summed E-state index contributed by atoms with van der Waals surface area (Å²) in [6.45, 7) is 9.97. The van der Waals surface area contributed by atoms with Crippen molar-refractivity contribution < 1.29 is 23.1 Å². The van der Waals surface area contributed by atoms with Crippen molar-refractivity contribution in [1.29, 1.82) is 0 Å². The van der Waals surface area contributed by atoms with Gasteiger partial charge in [0, 0.05) is 5.56 Å². The summed E-state index contributed by atoms with van der Waals surface area (Å²) in [6, 6.07) is 16.9. The van der Waals surface area contributed by atoms with Crippen LogP contribution in [0.2, 0.25) is 0 Å². The number of benzene rings is 2. The van der Waals surface area contributed by atoms with Crippen LogP contribution >= 0.6 is 7.60 Å². The van der Waals surface area contributed by atoms with E-state index in [1.54, 1.807) is 45.0 Å². The molecule has 0 bridgehead atoms. The van der Waals surface area contributed by atoms with Crippen LogP contribution in [-0.2, 0) is 29.6 Å². The quantitative estimate of drug-likeness (QED) is 0.300. The van der Waals surface area contributed by atoms with E-state index in [-0.39, 0.29) is 13.2 Å². The van der Waals surface area contributed by atoms with Crippen LogP contribution in [0.4, 0.5) is 0 Å². The highest BCUT2D eigenvalue weighted by molar-refractivity contribution is 7.54. The maximum absolute atomic E-state index is 13.4. The molecule has 0 amide bonds. The van der Waals surface area contributed by atoms with Crippen LogP contribution < -0.4 is 0 Å². The second-order valence-corrected chi connectivity index (χ2v) is 9.70. The monoisotopic (exact) mass is 432 g/mol. The zero-order valence-electron chi connectivity index (χ0n) is 18.5. The Morgan fingerprint density at radius 1 is 0.867 bits per heavy atom. The SMILES string of the molecule is CCOP(=O)(OCC)[C@H](OC(=O)[C@@H](C)c1ccc(CC(C)C)cc1)c1ccccc1. The minimum absolute atomic E-state index is 0.186. The largest absolute Gasteiger partial charge is 0.444 e. The van der Waals surface area contributed by atoms with Crippen molar-refractivity contribution in [2.75, 3.05) is 13.2 Å². The van der Waals surface area contributed by atoms with Crippen LogP contribution in [0.3, 0.4) is 0 Å². The molecule has 0 N–H and O–H groups in total. The minimum atomic E-state index is -3.70. The van der Waals surface area contributed by atoms with Crippen LogP contribution in [0.15, 0.2) is 54.6 Å². The maximum atomic E-state index is 13.4. The Morgan fingerprint density at radius 2 is 1.43 bits per heavy atom. The first-order chi connectivity index (χ1) is 14.3. The fraction of sp³-hybridized carbons (Fsp3) is 0.458. The van der Waals surface area contributed by atoms with Gasteiger partial charge in [-0.3, -0.25) is 9.36 Å². The number of hydrogen-bond acceptors (Lipinski definition) is 5. The summed E-state index contributed by atoms with van der Waals surface area (Å²) in [5.74, 6) is -1.54. The summed E-state index contributed by atoms with van der Waals surface area (Å²) >= 11 is 0. The lowest BCUT2D eigenvalue weighted by atomic mass is 9.97. The molecule has 0 radical (unpaired) electrons. The van der Waals surface area contributed by atoms with Gasteiger partial charge >= 0.3 is 13.6 Å². The van der Waals surface area contributed by atoms with Gasteiger partial charge in [0.25, 0.3) is 0 Å². The topological polar surface area (TPSA) is 61.8 Å². The fourth-order valence-corrected chi connectivity index (χ4v) is 5.06. The van der Waals surface area contributed by atoms with Crippen LogP contribution in [0, 0.1) is 5.92 Å². The van der Waals surface area contributed by atoms with Crippen molar-refractivity contribution in [1.82, 2.24) is 0 Å². The van der Waals surface area contributed by atoms with E-state index in [2.05, 4.69) is 13.8 Å². The molecule has 0 aliphatic rings. The second-order valence-electron chi connectivity index (χ2n) is 7.64. The Balaban J connectivity index is 2.26. The fourth-order valence-electron chi connectivity index (χ4n) is 3.23. The lowest BCUT2D eigenvalue weighted by molar-refractivity contribution is -0.148. The smallest absolute Gasteiger partial charge is 0.375 e. The Bertz CT molecular complexity index is 822. The van der Waals surface area contributed by atoms with E-state index in [0.29, 0.717) is 11.5 Å². The summed E-state index contributed by atoms with van der Waals surface area (Å²) in [7, 11) is -3.70. The van der Waals surface area contributed by atoms with Crippen molar-refractivity contribution in [3.8, 4) is 0 Å². The van der Waals surface area contributed by atoms with E-state index < -0.39 is 25.3 Å². The molecule has 0 aliphatic heterocycles. The van der Waals surface area contributed by atoms with Gasteiger partial charge in [-0.1, -0.05) is 68.4 Å². The molecule has 0 unspecified atom stereocenters. The first kappa shape index (κ1) is 24.3. The van der Waals surface area contributed by atoms with Crippen molar-refractivity contribution in [2.45, 2.75) is 52.8 Å². The second kappa shape index (κ2) is 11.5. The van der Waals surface area contributed by atoms with Gasteiger partial charge in [0.05, 0.1) is 19.1 Å². The Hall–Kier alpha value is -1.94. The lowest BCUT2D eigenvalue weighted by Gasteiger charge is -2.27. The highest BCUT2D eigenvalue weighted by Gasteiger charge is 2.41. The normalized spacial score (nSPS) is 13.8. The third-order valence-electron chi connectivity index (χ3n) is 4.70. The molecule has 0 spiro atoms. The van der Waals surface area contributed by atoms with Crippen molar-refractivity contribution in [3.05, 3.63) is 71.3 Å². The number of rotatable bonds is 11. The molecule has 0 aliphatic carbocycles. The Labute approximate surface area is 180 Å². The summed E-state index contributed by atoms with van der Waals surface area (Å²) in [4.78, 5) is 13.0. The number of carbonyl (C=O) groups excluding carboxylic acids is 1. The molecule has 0 heterocycles. The third-order valence-corrected chi connectivity index (χ3v) is 6.91. The molecular weight excluding hydrogens is 399 g/mol. The van der Waals surface area contributed by atoms with E-state index in [9.17, 15) is 9.36 Å². The molecule has 2 rings (SSSR count). The van der Waals surface area contributed by atoms with Crippen molar-refractivity contribution in [2.24, 2.45) is 5.92 Å². The van der Waals surface area contributed by atoms with Gasteiger partial charge in [-0.25, -0.2) is 0 Å². The average molecular weight is 432 g/mol. The van der Waals surface area contributed by atoms with Crippen molar-refractivity contribution in [3.63, 3.8) is 0 Å². The number of hydrogen-bond donors (Lipinski definition) is 0. The molecule has 6 heteroatoms. The van der Waals surface area contributed by atoms with E-state index in [1.807, 2.05) is 30.3 Å². The summed E-state index contributed by atoms with van der Waals surface area (Å²) in [5, 5.41) is 0. The number of esters is 1. The maximum Gasteiger partial charge on any atom is 0.375 e. The van der Waals surface area contributed by atoms with Gasteiger partial charge in [-0.15, -0.1) is 0 Å². The van der Waals surface area contributed by atoms with Crippen LogP contribution in [-0.4, -0.2) is 19.2 Å². The predicted octanol–water partition coefficient (Wildman–Crippen LogP) is 6.50. The average Bonchev–Trinajstić information content (AvgIpc) is 2.72.